The van der Waals surface area contributed by atoms with Crippen LogP contribution in [0.25, 0.3) is 0 Å². The molecule has 0 bridgehead atoms. The van der Waals surface area contributed by atoms with Crippen LogP contribution in [-0.2, 0) is 23.2 Å². The molecule has 0 spiro atoms. The Kier molecular flexibility index (Phi) is 4.66. The summed E-state index contributed by atoms with van der Waals surface area (Å²) in [6, 6.07) is 15.7. The van der Waals surface area contributed by atoms with Gasteiger partial charge in [0.1, 0.15) is 6.07 Å². The van der Waals surface area contributed by atoms with E-state index in [0.29, 0.717) is 29.8 Å². The second-order valence-corrected chi connectivity index (χ2v) is 7.53. The van der Waals surface area contributed by atoms with Gasteiger partial charge in [-0.15, -0.1) is 0 Å². The number of carbonyl (C=O) groups excluding carboxylic acids is 1. The molecule has 6 nitrogen and oxygen atoms in total. The van der Waals surface area contributed by atoms with Crippen molar-refractivity contribution >= 4 is 11.7 Å². The van der Waals surface area contributed by atoms with E-state index < -0.39 is 0 Å². The molecule has 0 atom stereocenters. The Morgan fingerprint density at radius 2 is 2.00 bits per heavy atom. The Morgan fingerprint density at radius 3 is 2.64 bits per heavy atom. The number of hydrogen-bond acceptors (Lipinski definition) is 4. The maximum atomic E-state index is 12.3. The predicted octanol–water partition coefficient (Wildman–Crippen LogP) is 3.43. The highest BCUT2D eigenvalue weighted by Crippen LogP contribution is 2.47. The number of nitriles is 1. The van der Waals surface area contributed by atoms with Gasteiger partial charge < -0.3 is 5.32 Å². The molecule has 2 aromatic heterocycles. The maximum absolute atomic E-state index is 12.3. The first-order chi connectivity index (χ1) is 13.5. The molecule has 4 rings (SSSR count). The largest absolute Gasteiger partial charge is 0.309 e. The van der Waals surface area contributed by atoms with E-state index in [1.807, 2.05) is 18.2 Å². The van der Waals surface area contributed by atoms with Gasteiger partial charge in [0.25, 0.3) is 0 Å². The van der Waals surface area contributed by atoms with Gasteiger partial charge in [0.15, 0.2) is 5.82 Å². The lowest BCUT2D eigenvalue weighted by molar-refractivity contribution is -0.115. The fourth-order valence-electron chi connectivity index (χ4n) is 3.14. The third-order valence-corrected chi connectivity index (χ3v) is 5.20. The normalized spacial score (nSPS) is 14.3. The summed E-state index contributed by atoms with van der Waals surface area (Å²) < 4.78 is 1.70. The summed E-state index contributed by atoms with van der Waals surface area (Å²) in [6.45, 7) is 2.75. The Labute approximate surface area is 163 Å². The number of hydrogen-bond donors (Lipinski definition) is 1. The summed E-state index contributed by atoms with van der Waals surface area (Å²) in [4.78, 5) is 16.5. The first kappa shape index (κ1) is 17.9. The van der Waals surface area contributed by atoms with E-state index in [-0.39, 0.29) is 5.91 Å². The van der Waals surface area contributed by atoms with Crippen LogP contribution in [0, 0.1) is 11.3 Å². The van der Waals surface area contributed by atoms with Crippen LogP contribution in [0.15, 0.2) is 54.9 Å². The van der Waals surface area contributed by atoms with Crippen LogP contribution in [0.3, 0.4) is 0 Å². The summed E-state index contributed by atoms with van der Waals surface area (Å²) in [6.07, 6.45) is 6.14. The van der Waals surface area contributed by atoms with Crippen LogP contribution in [0.4, 0.5) is 5.82 Å². The first-order valence-electron chi connectivity index (χ1n) is 9.32. The molecule has 3 aromatic rings. The molecule has 28 heavy (non-hydrogen) atoms. The fraction of sp³-hybridized carbons (Fsp3) is 0.273. The van der Waals surface area contributed by atoms with E-state index in [1.54, 1.807) is 29.1 Å². The van der Waals surface area contributed by atoms with Gasteiger partial charge in [-0.25, -0.2) is 0 Å². The van der Waals surface area contributed by atoms with Crippen molar-refractivity contribution in [3.05, 3.63) is 77.2 Å². The summed E-state index contributed by atoms with van der Waals surface area (Å²) in [7, 11) is 0. The van der Waals surface area contributed by atoms with Crippen molar-refractivity contribution in [1.29, 1.82) is 5.26 Å². The SMILES string of the molecule is CC1(c2ccc(CC(=O)Nc3ccn(Cc4ccc(C#N)cn4)n3)cc2)CC1. The van der Waals surface area contributed by atoms with Gasteiger partial charge in [-0.1, -0.05) is 31.2 Å². The lowest BCUT2D eigenvalue weighted by atomic mass is 9.97. The van der Waals surface area contributed by atoms with Crippen molar-refractivity contribution in [1.82, 2.24) is 14.8 Å². The highest BCUT2D eigenvalue weighted by Gasteiger charge is 2.38. The zero-order valence-electron chi connectivity index (χ0n) is 15.7. The molecule has 0 saturated heterocycles. The molecule has 1 fully saturated rings. The number of anilines is 1. The van der Waals surface area contributed by atoms with Crippen molar-refractivity contribution in [2.75, 3.05) is 5.32 Å². The van der Waals surface area contributed by atoms with Crippen molar-refractivity contribution in [3.63, 3.8) is 0 Å². The molecule has 1 aromatic carbocycles. The van der Waals surface area contributed by atoms with Crippen LogP contribution >= 0.6 is 0 Å². The Balaban J connectivity index is 1.32. The number of nitrogens with zero attached hydrogens (tertiary/aromatic N) is 4. The number of benzene rings is 1. The topological polar surface area (TPSA) is 83.6 Å². The van der Waals surface area contributed by atoms with Crippen molar-refractivity contribution < 1.29 is 4.79 Å². The number of aromatic nitrogens is 3. The Hall–Kier alpha value is -3.46. The second kappa shape index (κ2) is 7.28. The van der Waals surface area contributed by atoms with Crippen LogP contribution < -0.4 is 5.32 Å². The van der Waals surface area contributed by atoms with Crippen LogP contribution in [0.5, 0.6) is 0 Å². The van der Waals surface area contributed by atoms with E-state index >= 15 is 0 Å². The predicted molar refractivity (Wildman–Crippen MR) is 106 cm³/mol. The molecule has 140 valence electrons. The number of pyridine rings is 1. The van der Waals surface area contributed by atoms with E-state index in [1.165, 1.54) is 24.6 Å². The molecule has 0 radical (unpaired) electrons. The van der Waals surface area contributed by atoms with E-state index in [0.717, 1.165) is 11.3 Å². The molecule has 2 heterocycles. The van der Waals surface area contributed by atoms with Crippen molar-refractivity contribution in [2.24, 2.45) is 0 Å². The quantitative estimate of drug-likeness (QED) is 0.719. The minimum absolute atomic E-state index is 0.0906. The molecule has 1 N–H and O–H groups in total. The van der Waals surface area contributed by atoms with E-state index in [2.05, 4.69) is 34.5 Å². The van der Waals surface area contributed by atoms with Gasteiger partial charge in [0.05, 0.1) is 24.2 Å². The second-order valence-electron chi connectivity index (χ2n) is 7.53. The molecule has 1 aliphatic carbocycles. The number of nitrogens with one attached hydrogen (secondary N) is 1. The van der Waals surface area contributed by atoms with E-state index in [9.17, 15) is 4.79 Å². The average Bonchev–Trinajstić information content (AvgIpc) is 3.31. The highest BCUT2D eigenvalue weighted by molar-refractivity contribution is 5.91. The first-order valence-corrected chi connectivity index (χ1v) is 9.32. The third kappa shape index (κ3) is 4.09. The lowest BCUT2D eigenvalue weighted by Crippen LogP contribution is -2.15. The molecular weight excluding hydrogens is 350 g/mol. The van der Waals surface area contributed by atoms with Gasteiger partial charge in [-0.2, -0.15) is 10.4 Å². The van der Waals surface area contributed by atoms with Crippen LogP contribution in [0.2, 0.25) is 0 Å². The lowest BCUT2D eigenvalue weighted by Gasteiger charge is -2.09. The molecule has 1 amide bonds. The Morgan fingerprint density at radius 1 is 1.21 bits per heavy atom. The summed E-state index contributed by atoms with van der Waals surface area (Å²) in [5, 5.41) is 16.0. The van der Waals surface area contributed by atoms with Gasteiger partial charge >= 0.3 is 0 Å². The van der Waals surface area contributed by atoms with Crippen molar-refractivity contribution in [2.45, 2.75) is 38.1 Å². The van der Waals surface area contributed by atoms with E-state index in [4.69, 9.17) is 5.26 Å². The fourth-order valence-corrected chi connectivity index (χ4v) is 3.14. The smallest absolute Gasteiger partial charge is 0.229 e. The van der Waals surface area contributed by atoms with Crippen LogP contribution in [0.1, 0.15) is 42.1 Å². The summed E-state index contributed by atoms with van der Waals surface area (Å²) in [5.74, 6) is 0.424. The standard InChI is InChI=1S/C22H21N5O/c1-22(9-10-22)18-5-2-16(3-6-18)12-21(28)25-20-8-11-27(26-20)15-19-7-4-17(13-23)14-24-19/h2-8,11,14H,9-10,12,15H2,1H3,(H,25,26,28). The molecule has 6 heteroatoms. The highest BCUT2D eigenvalue weighted by atomic mass is 16.1. The minimum Gasteiger partial charge on any atom is -0.309 e. The van der Waals surface area contributed by atoms with Crippen molar-refractivity contribution in [3.8, 4) is 6.07 Å². The number of rotatable bonds is 6. The molecular formula is C22H21N5O. The van der Waals surface area contributed by atoms with Gasteiger partial charge in [-0.3, -0.25) is 14.5 Å². The molecule has 0 aliphatic heterocycles. The monoisotopic (exact) mass is 371 g/mol. The number of amides is 1. The Bertz CT molecular complexity index is 1020. The van der Waals surface area contributed by atoms with Crippen LogP contribution in [-0.4, -0.2) is 20.7 Å². The third-order valence-electron chi connectivity index (χ3n) is 5.20. The molecule has 1 saturated carbocycles. The summed E-state index contributed by atoms with van der Waals surface area (Å²) in [5.41, 5.74) is 4.01. The molecule has 0 unspecified atom stereocenters. The zero-order chi connectivity index (χ0) is 19.6. The maximum Gasteiger partial charge on any atom is 0.229 e. The zero-order valence-corrected chi connectivity index (χ0v) is 15.7. The minimum atomic E-state index is -0.0906. The van der Waals surface area contributed by atoms with Gasteiger partial charge in [-0.05, 0) is 41.5 Å². The van der Waals surface area contributed by atoms with Gasteiger partial charge in [0.2, 0.25) is 5.91 Å². The van der Waals surface area contributed by atoms with Gasteiger partial charge in [0, 0.05) is 18.5 Å². The summed E-state index contributed by atoms with van der Waals surface area (Å²) >= 11 is 0. The average molecular weight is 371 g/mol. The molecule has 1 aliphatic rings. The number of carbonyl (C=O) groups is 1.